The van der Waals surface area contributed by atoms with Gasteiger partial charge in [0.2, 0.25) is 0 Å². The van der Waals surface area contributed by atoms with Crippen LogP contribution in [0.3, 0.4) is 0 Å². The molecule has 1 heterocycles. The van der Waals surface area contributed by atoms with Gasteiger partial charge >= 0.3 is 5.63 Å². The van der Waals surface area contributed by atoms with Gasteiger partial charge in [-0.3, -0.25) is 4.79 Å². The smallest absolute Gasteiger partial charge is 0.354 e. The zero-order chi connectivity index (χ0) is 22.1. The van der Waals surface area contributed by atoms with Crippen molar-refractivity contribution in [1.29, 1.82) is 5.26 Å². The lowest BCUT2D eigenvalue weighted by atomic mass is 9.69. The van der Waals surface area contributed by atoms with Crippen molar-refractivity contribution in [3.63, 3.8) is 0 Å². The van der Waals surface area contributed by atoms with Crippen molar-refractivity contribution in [1.82, 2.24) is 0 Å². The average molecular weight is 417 g/mol. The Morgan fingerprint density at radius 3 is 2.22 bits per heavy atom. The molecule has 1 aromatic heterocycles. The molecular formula is C28H19NO3. The lowest BCUT2D eigenvalue weighted by molar-refractivity contribution is -0.116. The van der Waals surface area contributed by atoms with E-state index in [0.29, 0.717) is 23.0 Å². The Hall–Kier alpha value is -4.23. The second kappa shape index (κ2) is 8.13. The SMILES string of the molecule is N#Cc1c([C@@H]2C(=O)C=C(c3ccccc3)C[C@H]2c2ccccc2)c2ccccc2oc1=O. The summed E-state index contributed by atoms with van der Waals surface area (Å²) in [6, 6.07) is 28.8. The fourth-order valence-corrected chi connectivity index (χ4v) is 4.68. The van der Waals surface area contributed by atoms with Crippen molar-refractivity contribution in [2.45, 2.75) is 18.3 Å². The van der Waals surface area contributed by atoms with Crippen LogP contribution in [0.25, 0.3) is 16.5 Å². The number of hydrogen-bond donors (Lipinski definition) is 0. The standard InChI is InChI=1S/C28H19NO3/c29-17-23-26(21-13-7-8-14-25(21)32-28(23)31)27-22(19-11-5-2-6-12-19)15-20(16-24(27)30)18-9-3-1-4-10-18/h1-14,16,22,27H,15H2/t22-,27-/m0/s1. The summed E-state index contributed by atoms with van der Waals surface area (Å²) in [4.78, 5) is 26.3. The molecule has 0 saturated carbocycles. The molecule has 0 bridgehead atoms. The highest BCUT2D eigenvalue weighted by atomic mass is 16.4. The van der Waals surface area contributed by atoms with Gasteiger partial charge in [0, 0.05) is 11.3 Å². The molecular weight excluding hydrogens is 398 g/mol. The first kappa shape index (κ1) is 19.7. The molecule has 1 aliphatic rings. The third-order valence-electron chi connectivity index (χ3n) is 6.11. The third-order valence-corrected chi connectivity index (χ3v) is 6.11. The van der Waals surface area contributed by atoms with Gasteiger partial charge in [-0.25, -0.2) is 4.79 Å². The summed E-state index contributed by atoms with van der Waals surface area (Å²) in [6.07, 6.45) is 2.29. The second-order valence-corrected chi connectivity index (χ2v) is 7.92. The topological polar surface area (TPSA) is 71.1 Å². The van der Waals surface area contributed by atoms with Crippen molar-refractivity contribution in [3.8, 4) is 6.07 Å². The van der Waals surface area contributed by atoms with Gasteiger partial charge in [-0.15, -0.1) is 0 Å². The minimum atomic E-state index is -0.710. The maximum atomic E-state index is 13.7. The molecule has 0 amide bonds. The fourth-order valence-electron chi connectivity index (χ4n) is 4.68. The summed E-state index contributed by atoms with van der Waals surface area (Å²) in [5.74, 6) is -0.995. The normalized spacial score (nSPS) is 18.2. The highest BCUT2D eigenvalue weighted by Crippen LogP contribution is 2.46. The van der Waals surface area contributed by atoms with Crippen LogP contribution in [0.5, 0.6) is 0 Å². The lowest BCUT2D eigenvalue weighted by Gasteiger charge is -2.32. The Kier molecular flexibility index (Phi) is 5.01. The van der Waals surface area contributed by atoms with Gasteiger partial charge in [-0.2, -0.15) is 5.26 Å². The molecule has 0 unspecified atom stereocenters. The minimum absolute atomic E-state index is 0.0976. The number of nitriles is 1. The number of benzene rings is 3. The molecule has 0 fully saturated rings. The molecule has 5 rings (SSSR count). The fraction of sp³-hybridized carbons (Fsp3) is 0.107. The average Bonchev–Trinajstić information content (AvgIpc) is 2.84. The van der Waals surface area contributed by atoms with E-state index in [1.165, 1.54) is 0 Å². The van der Waals surface area contributed by atoms with Gasteiger partial charge in [-0.1, -0.05) is 78.9 Å². The molecule has 32 heavy (non-hydrogen) atoms. The summed E-state index contributed by atoms with van der Waals surface area (Å²) in [5, 5.41) is 10.5. The van der Waals surface area contributed by atoms with E-state index in [1.807, 2.05) is 72.8 Å². The summed E-state index contributed by atoms with van der Waals surface area (Å²) in [6.45, 7) is 0. The first-order valence-electron chi connectivity index (χ1n) is 10.5. The van der Waals surface area contributed by atoms with Gasteiger partial charge in [-0.05, 0) is 40.8 Å². The van der Waals surface area contributed by atoms with Gasteiger partial charge in [0.1, 0.15) is 17.2 Å². The Bertz CT molecular complexity index is 1440. The Labute approximate surface area is 185 Å². The number of fused-ring (bicyclic) bond motifs is 1. The van der Waals surface area contributed by atoms with Gasteiger partial charge in [0.05, 0.1) is 5.92 Å². The van der Waals surface area contributed by atoms with Crippen LogP contribution in [-0.4, -0.2) is 5.78 Å². The lowest BCUT2D eigenvalue weighted by Crippen LogP contribution is -2.27. The third kappa shape index (κ3) is 3.34. The molecule has 4 heteroatoms. The van der Waals surface area contributed by atoms with Gasteiger partial charge < -0.3 is 4.42 Å². The molecule has 0 radical (unpaired) electrons. The quantitative estimate of drug-likeness (QED) is 0.408. The first-order valence-corrected chi connectivity index (χ1v) is 10.5. The monoisotopic (exact) mass is 417 g/mol. The van der Waals surface area contributed by atoms with Crippen LogP contribution in [0.1, 0.15) is 40.5 Å². The summed E-state index contributed by atoms with van der Waals surface area (Å²) >= 11 is 0. The van der Waals surface area contributed by atoms with Crippen molar-refractivity contribution in [3.05, 3.63) is 124 Å². The summed E-state index contributed by atoms with van der Waals surface area (Å²) in [5.41, 5.74) is 2.97. The van der Waals surface area contributed by atoms with Crippen LogP contribution in [0, 0.1) is 11.3 Å². The van der Waals surface area contributed by atoms with E-state index in [9.17, 15) is 14.9 Å². The number of allylic oxidation sites excluding steroid dienone is 2. The highest BCUT2D eigenvalue weighted by Gasteiger charge is 2.38. The maximum Gasteiger partial charge on any atom is 0.354 e. The highest BCUT2D eigenvalue weighted by molar-refractivity contribution is 6.06. The molecule has 4 aromatic rings. The van der Waals surface area contributed by atoms with Crippen LogP contribution in [0.4, 0.5) is 0 Å². The number of ketones is 1. The van der Waals surface area contributed by atoms with Crippen LogP contribution >= 0.6 is 0 Å². The molecule has 0 aliphatic heterocycles. The predicted molar refractivity (Wildman–Crippen MR) is 123 cm³/mol. The van der Waals surface area contributed by atoms with Crippen LogP contribution < -0.4 is 5.63 Å². The van der Waals surface area contributed by atoms with E-state index < -0.39 is 11.5 Å². The molecule has 154 valence electrons. The van der Waals surface area contributed by atoms with E-state index in [0.717, 1.165) is 16.7 Å². The van der Waals surface area contributed by atoms with Crippen molar-refractivity contribution >= 4 is 22.3 Å². The molecule has 3 aromatic carbocycles. The molecule has 2 atom stereocenters. The molecule has 1 aliphatic carbocycles. The Morgan fingerprint density at radius 1 is 0.844 bits per heavy atom. The number of hydrogen-bond acceptors (Lipinski definition) is 4. The minimum Gasteiger partial charge on any atom is -0.422 e. The van der Waals surface area contributed by atoms with Crippen LogP contribution in [-0.2, 0) is 4.79 Å². The Morgan fingerprint density at radius 2 is 1.50 bits per heavy atom. The van der Waals surface area contributed by atoms with Crippen LogP contribution in [0.2, 0.25) is 0 Å². The van der Waals surface area contributed by atoms with E-state index in [2.05, 4.69) is 0 Å². The molecule has 0 saturated heterocycles. The first-order chi connectivity index (χ1) is 15.7. The number of carbonyl (C=O) groups is 1. The largest absolute Gasteiger partial charge is 0.422 e. The number of rotatable bonds is 3. The summed E-state index contributed by atoms with van der Waals surface area (Å²) in [7, 11) is 0. The predicted octanol–water partition coefficient (Wildman–Crippen LogP) is 5.59. The Balaban J connectivity index is 1.78. The maximum absolute atomic E-state index is 13.7. The number of carbonyl (C=O) groups excluding carboxylic acids is 1. The molecule has 0 N–H and O–H groups in total. The van der Waals surface area contributed by atoms with Crippen molar-refractivity contribution in [2.75, 3.05) is 0 Å². The van der Waals surface area contributed by atoms with Crippen molar-refractivity contribution in [2.24, 2.45) is 0 Å². The zero-order valence-electron chi connectivity index (χ0n) is 17.2. The zero-order valence-corrected chi connectivity index (χ0v) is 17.2. The number of para-hydroxylation sites is 1. The van der Waals surface area contributed by atoms with Crippen molar-refractivity contribution < 1.29 is 9.21 Å². The van der Waals surface area contributed by atoms with Gasteiger partial charge in [0.15, 0.2) is 5.78 Å². The number of nitrogens with zero attached hydrogens (tertiary/aromatic N) is 1. The van der Waals surface area contributed by atoms with E-state index in [-0.39, 0.29) is 17.3 Å². The van der Waals surface area contributed by atoms with E-state index >= 15 is 0 Å². The second-order valence-electron chi connectivity index (χ2n) is 7.92. The van der Waals surface area contributed by atoms with Gasteiger partial charge in [0.25, 0.3) is 0 Å². The summed E-state index contributed by atoms with van der Waals surface area (Å²) < 4.78 is 5.38. The van der Waals surface area contributed by atoms with E-state index in [1.54, 1.807) is 24.3 Å². The molecule has 4 nitrogen and oxygen atoms in total. The molecule has 0 spiro atoms. The van der Waals surface area contributed by atoms with Crippen LogP contribution in [0.15, 0.2) is 100 Å². The van der Waals surface area contributed by atoms with E-state index in [4.69, 9.17) is 4.42 Å².